The first-order chi connectivity index (χ1) is 18.5. The average Bonchev–Trinajstić information content (AvgIpc) is 2.94. The molecule has 0 aliphatic rings. The van der Waals surface area contributed by atoms with Crippen molar-refractivity contribution >= 4 is 27.5 Å². The number of rotatable bonds is 12. The van der Waals surface area contributed by atoms with E-state index in [0.29, 0.717) is 18.0 Å². The number of nitrogens with one attached hydrogen (secondary N) is 1. The second-order valence-corrected chi connectivity index (χ2v) is 11.6. The maximum absolute atomic E-state index is 13.9. The Bertz CT molecular complexity index is 1360. The first kappa shape index (κ1) is 29.7. The summed E-state index contributed by atoms with van der Waals surface area (Å²) in [6, 6.07) is 21.2. The number of aryl methyl sites for hydroxylation is 1. The van der Waals surface area contributed by atoms with E-state index in [-0.39, 0.29) is 23.3 Å². The van der Waals surface area contributed by atoms with Gasteiger partial charge in [0.05, 0.1) is 17.7 Å². The van der Waals surface area contributed by atoms with Crippen molar-refractivity contribution in [1.29, 1.82) is 0 Å². The molecule has 0 heterocycles. The second-order valence-electron chi connectivity index (χ2n) is 9.79. The predicted molar refractivity (Wildman–Crippen MR) is 153 cm³/mol. The van der Waals surface area contributed by atoms with E-state index in [2.05, 4.69) is 5.32 Å². The maximum Gasteiger partial charge on any atom is 0.264 e. The van der Waals surface area contributed by atoms with Crippen LogP contribution in [0.3, 0.4) is 0 Å². The monoisotopic (exact) mass is 551 g/mol. The van der Waals surface area contributed by atoms with Crippen molar-refractivity contribution in [3.05, 3.63) is 90.0 Å². The van der Waals surface area contributed by atoms with Crippen LogP contribution < -0.4 is 14.4 Å². The van der Waals surface area contributed by atoms with Crippen LogP contribution in [0.1, 0.15) is 31.9 Å². The summed E-state index contributed by atoms with van der Waals surface area (Å²) in [7, 11) is -2.59. The van der Waals surface area contributed by atoms with Gasteiger partial charge in [-0.15, -0.1) is 0 Å². The molecule has 1 atom stereocenters. The molecule has 0 saturated heterocycles. The fourth-order valence-corrected chi connectivity index (χ4v) is 5.44. The molecule has 0 saturated carbocycles. The van der Waals surface area contributed by atoms with Crippen LogP contribution in [0.15, 0.2) is 83.8 Å². The van der Waals surface area contributed by atoms with E-state index in [4.69, 9.17) is 4.74 Å². The van der Waals surface area contributed by atoms with Gasteiger partial charge in [0.15, 0.2) is 0 Å². The standard InChI is InChI=1S/C30H37N3O5S/c1-22(2)19-31-30(35)24(4)32(20-25-12-10-9-11-23(25)3)29(34)21-33(26-15-17-27(38-5)18-16-26)39(36,37)28-13-7-6-8-14-28/h6-18,22,24H,19-21H2,1-5H3,(H,31,35)/t24-/m0/s1. The molecule has 0 aliphatic carbocycles. The Morgan fingerprint density at radius 3 is 2.10 bits per heavy atom. The minimum atomic E-state index is -4.11. The van der Waals surface area contributed by atoms with Gasteiger partial charge in [0.2, 0.25) is 11.8 Å². The van der Waals surface area contributed by atoms with Crippen molar-refractivity contribution in [3.8, 4) is 5.75 Å². The lowest BCUT2D eigenvalue weighted by Crippen LogP contribution is -2.51. The molecule has 1 N–H and O–H groups in total. The summed E-state index contributed by atoms with van der Waals surface area (Å²) in [5.41, 5.74) is 2.14. The molecule has 0 radical (unpaired) electrons. The zero-order chi connectivity index (χ0) is 28.6. The minimum Gasteiger partial charge on any atom is -0.497 e. The quantitative estimate of drug-likeness (QED) is 0.360. The van der Waals surface area contributed by atoms with E-state index >= 15 is 0 Å². The number of carbonyl (C=O) groups is 2. The molecule has 0 unspecified atom stereocenters. The summed E-state index contributed by atoms with van der Waals surface area (Å²) in [6.07, 6.45) is 0. The first-order valence-electron chi connectivity index (χ1n) is 12.9. The number of carbonyl (C=O) groups excluding carboxylic acids is 2. The zero-order valence-corrected chi connectivity index (χ0v) is 23.9. The van der Waals surface area contributed by atoms with Gasteiger partial charge in [-0.25, -0.2) is 8.42 Å². The third kappa shape index (κ3) is 7.60. The van der Waals surface area contributed by atoms with Gasteiger partial charge in [-0.1, -0.05) is 56.3 Å². The summed E-state index contributed by atoms with van der Waals surface area (Å²) in [6.45, 7) is 7.71. The van der Waals surface area contributed by atoms with Gasteiger partial charge >= 0.3 is 0 Å². The van der Waals surface area contributed by atoms with Crippen molar-refractivity contribution in [1.82, 2.24) is 10.2 Å². The molecule has 9 heteroatoms. The highest BCUT2D eigenvalue weighted by Crippen LogP contribution is 2.26. The lowest BCUT2D eigenvalue weighted by atomic mass is 10.1. The molecule has 39 heavy (non-hydrogen) atoms. The average molecular weight is 552 g/mol. The number of anilines is 1. The molecule has 3 aromatic carbocycles. The number of hydrogen-bond acceptors (Lipinski definition) is 5. The fourth-order valence-electron chi connectivity index (χ4n) is 4.00. The number of benzene rings is 3. The number of methoxy groups -OCH3 is 1. The number of nitrogens with zero attached hydrogens (tertiary/aromatic N) is 2. The van der Waals surface area contributed by atoms with Crippen LogP contribution in [0.2, 0.25) is 0 Å². The summed E-state index contributed by atoms with van der Waals surface area (Å²) in [4.78, 5) is 28.5. The summed E-state index contributed by atoms with van der Waals surface area (Å²) in [5, 5.41) is 2.89. The maximum atomic E-state index is 13.9. The predicted octanol–water partition coefficient (Wildman–Crippen LogP) is 4.39. The molecule has 208 valence electrons. The molecule has 0 bridgehead atoms. The van der Waals surface area contributed by atoms with Crippen molar-refractivity contribution in [2.45, 2.75) is 45.2 Å². The third-order valence-electron chi connectivity index (χ3n) is 6.42. The van der Waals surface area contributed by atoms with Crippen LogP contribution in [0, 0.1) is 12.8 Å². The smallest absolute Gasteiger partial charge is 0.264 e. The van der Waals surface area contributed by atoms with Crippen LogP contribution >= 0.6 is 0 Å². The molecule has 0 aromatic heterocycles. The topological polar surface area (TPSA) is 96.0 Å². The highest BCUT2D eigenvalue weighted by atomic mass is 32.2. The Hall–Kier alpha value is -3.85. The second kappa shape index (κ2) is 13.3. The van der Waals surface area contributed by atoms with Crippen molar-refractivity contribution in [2.75, 3.05) is 24.5 Å². The lowest BCUT2D eigenvalue weighted by molar-refractivity contribution is -0.139. The summed E-state index contributed by atoms with van der Waals surface area (Å²) >= 11 is 0. The number of amides is 2. The number of ether oxygens (including phenoxy) is 1. The SMILES string of the molecule is COc1ccc(N(CC(=O)N(Cc2ccccc2C)[C@@H](C)C(=O)NCC(C)C)S(=O)(=O)c2ccccc2)cc1. The number of hydrogen-bond donors (Lipinski definition) is 1. The van der Waals surface area contributed by atoms with E-state index in [1.54, 1.807) is 49.4 Å². The van der Waals surface area contributed by atoms with Crippen LogP contribution in [-0.4, -0.2) is 51.4 Å². The van der Waals surface area contributed by atoms with E-state index in [9.17, 15) is 18.0 Å². The third-order valence-corrected chi connectivity index (χ3v) is 8.21. The highest BCUT2D eigenvalue weighted by molar-refractivity contribution is 7.92. The molecule has 3 aromatic rings. The first-order valence-corrected chi connectivity index (χ1v) is 14.3. The van der Waals surface area contributed by atoms with Crippen LogP contribution in [0.4, 0.5) is 5.69 Å². The van der Waals surface area contributed by atoms with Crippen molar-refractivity contribution in [2.24, 2.45) is 5.92 Å². The zero-order valence-electron chi connectivity index (χ0n) is 23.1. The van der Waals surface area contributed by atoms with Gasteiger partial charge in [-0.05, 0) is 67.3 Å². The summed E-state index contributed by atoms with van der Waals surface area (Å²) < 4.78 is 33.9. The van der Waals surface area contributed by atoms with Gasteiger partial charge < -0.3 is 15.0 Å². The van der Waals surface area contributed by atoms with Crippen molar-refractivity contribution in [3.63, 3.8) is 0 Å². The van der Waals surface area contributed by atoms with Gasteiger partial charge in [0, 0.05) is 13.1 Å². The van der Waals surface area contributed by atoms with E-state index in [1.807, 2.05) is 45.0 Å². The minimum absolute atomic E-state index is 0.0572. The Morgan fingerprint density at radius 2 is 1.51 bits per heavy atom. The largest absolute Gasteiger partial charge is 0.497 e. The molecule has 0 fully saturated rings. The van der Waals surface area contributed by atoms with E-state index in [0.717, 1.165) is 15.4 Å². The normalized spacial score (nSPS) is 12.1. The molecule has 3 rings (SSSR count). The molecule has 2 amide bonds. The number of sulfonamides is 1. The van der Waals surface area contributed by atoms with E-state index in [1.165, 1.54) is 24.1 Å². The Morgan fingerprint density at radius 1 is 0.897 bits per heavy atom. The molecular formula is C30H37N3O5S. The molecular weight excluding hydrogens is 514 g/mol. The van der Waals surface area contributed by atoms with Crippen LogP contribution in [0.5, 0.6) is 5.75 Å². The van der Waals surface area contributed by atoms with Crippen molar-refractivity contribution < 1.29 is 22.7 Å². The molecule has 0 spiro atoms. The van der Waals surface area contributed by atoms with E-state index < -0.39 is 28.5 Å². The molecule has 0 aliphatic heterocycles. The van der Waals surface area contributed by atoms with Crippen LogP contribution in [-0.2, 0) is 26.2 Å². The van der Waals surface area contributed by atoms with Gasteiger partial charge in [0.25, 0.3) is 10.0 Å². The fraction of sp³-hybridized carbons (Fsp3) is 0.333. The Balaban J connectivity index is 2.01. The lowest BCUT2D eigenvalue weighted by Gasteiger charge is -2.32. The summed E-state index contributed by atoms with van der Waals surface area (Å²) in [5.74, 6) is -0.00432. The van der Waals surface area contributed by atoms with Gasteiger partial charge in [-0.2, -0.15) is 0 Å². The Labute approximate surface area is 231 Å². The van der Waals surface area contributed by atoms with Gasteiger partial charge in [-0.3, -0.25) is 13.9 Å². The van der Waals surface area contributed by atoms with Crippen LogP contribution in [0.25, 0.3) is 0 Å². The molecule has 8 nitrogen and oxygen atoms in total. The van der Waals surface area contributed by atoms with Gasteiger partial charge in [0.1, 0.15) is 18.3 Å². The highest BCUT2D eigenvalue weighted by Gasteiger charge is 2.32. The Kier molecular flexibility index (Phi) is 10.1.